The van der Waals surface area contributed by atoms with Crippen molar-refractivity contribution in [3.05, 3.63) is 29.3 Å². The minimum absolute atomic E-state index is 0.132. The number of hydrogen-bond acceptors (Lipinski definition) is 3. The van der Waals surface area contributed by atoms with Crippen LogP contribution in [0.4, 0.5) is 0 Å². The number of ether oxygens (including phenoxy) is 1. The van der Waals surface area contributed by atoms with Crippen LogP contribution in [0.25, 0.3) is 0 Å². The first-order chi connectivity index (χ1) is 9.99. The van der Waals surface area contributed by atoms with E-state index in [-0.39, 0.29) is 5.97 Å². The average Bonchev–Trinajstić information content (AvgIpc) is 2.91. The molecule has 0 unspecified atom stereocenters. The zero-order valence-corrected chi connectivity index (χ0v) is 13.7. The molecule has 0 aromatic heterocycles. The Hall–Kier alpha value is -1.35. The topological polar surface area (TPSA) is 29.5 Å². The first kappa shape index (κ1) is 16.0. The van der Waals surface area contributed by atoms with E-state index in [1.54, 1.807) is 0 Å². The van der Waals surface area contributed by atoms with E-state index in [1.807, 2.05) is 0 Å². The van der Waals surface area contributed by atoms with Gasteiger partial charge in [-0.25, -0.2) is 0 Å². The number of para-hydroxylation sites is 1. The molecule has 0 amide bonds. The summed E-state index contributed by atoms with van der Waals surface area (Å²) in [5, 5.41) is 0. The SMILES string of the molecule is CC(C)c1cccc(C(C)C)c1OC(=O)CN1CCCC1. The third kappa shape index (κ3) is 4.07. The monoisotopic (exact) mass is 289 g/mol. The van der Waals surface area contributed by atoms with E-state index in [2.05, 4.69) is 50.8 Å². The Balaban J connectivity index is 2.18. The largest absolute Gasteiger partial charge is 0.425 e. The van der Waals surface area contributed by atoms with E-state index >= 15 is 0 Å². The lowest BCUT2D eigenvalue weighted by Gasteiger charge is -2.20. The lowest BCUT2D eigenvalue weighted by atomic mass is 9.94. The van der Waals surface area contributed by atoms with Gasteiger partial charge in [-0.2, -0.15) is 0 Å². The van der Waals surface area contributed by atoms with E-state index in [1.165, 1.54) is 12.8 Å². The van der Waals surface area contributed by atoms with Crippen molar-refractivity contribution in [1.29, 1.82) is 0 Å². The van der Waals surface area contributed by atoms with Crippen LogP contribution in [0.5, 0.6) is 5.75 Å². The van der Waals surface area contributed by atoms with Gasteiger partial charge in [-0.05, 0) is 48.9 Å². The van der Waals surface area contributed by atoms with E-state index in [0.29, 0.717) is 18.4 Å². The molecule has 0 saturated carbocycles. The maximum atomic E-state index is 12.3. The van der Waals surface area contributed by atoms with Gasteiger partial charge in [0.1, 0.15) is 5.75 Å². The summed E-state index contributed by atoms with van der Waals surface area (Å²) in [5.74, 6) is 1.34. The Labute approximate surface area is 128 Å². The number of rotatable bonds is 5. The Kier molecular flexibility index (Phi) is 5.40. The second-order valence-electron chi connectivity index (χ2n) is 6.53. The molecule has 1 saturated heterocycles. The molecule has 0 radical (unpaired) electrons. The lowest BCUT2D eigenvalue weighted by molar-refractivity contribution is -0.135. The third-order valence-corrected chi connectivity index (χ3v) is 4.09. The number of carbonyl (C=O) groups is 1. The maximum absolute atomic E-state index is 12.3. The molecule has 2 rings (SSSR count). The highest BCUT2D eigenvalue weighted by molar-refractivity contribution is 5.75. The van der Waals surface area contributed by atoms with E-state index in [0.717, 1.165) is 30.0 Å². The fourth-order valence-electron chi connectivity index (χ4n) is 2.87. The average molecular weight is 289 g/mol. The van der Waals surface area contributed by atoms with Crippen LogP contribution in [0.2, 0.25) is 0 Å². The van der Waals surface area contributed by atoms with Crippen molar-refractivity contribution in [2.45, 2.75) is 52.4 Å². The molecule has 21 heavy (non-hydrogen) atoms. The standard InChI is InChI=1S/C18H27NO2/c1-13(2)15-8-7-9-16(14(3)4)18(15)21-17(20)12-19-10-5-6-11-19/h7-9,13-14H,5-6,10-12H2,1-4H3. The summed E-state index contributed by atoms with van der Waals surface area (Å²) < 4.78 is 5.78. The van der Waals surface area contributed by atoms with Gasteiger partial charge < -0.3 is 4.74 Å². The number of likely N-dealkylation sites (tertiary alicyclic amines) is 1. The van der Waals surface area contributed by atoms with Gasteiger partial charge >= 0.3 is 5.97 Å². The molecule has 1 aromatic rings. The summed E-state index contributed by atoms with van der Waals surface area (Å²) >= 11 is 0. The van der Waals surface area contributed by atoms with Crippen LogP contribution in [0.1, 0.15) is 63.5 Å². The van der Waals surface area contributed by atoms with Crippen LogP contribution < -0.4 is 4.74 Å². The molecule has 116 valence electrons. The molecule has 0 N–H and O–H groups in total. The van der Waals surface area contributed by atoms with Gasteiger partial charge in [0, 0.05) is 0 Å². The predicted octanol–water partition coefficient (Wildman–Crippen LogP) is 3.93. The van der Waals surface area contributed by atoms with E-state index < -0.39 is 0 Å². The first-order valence-electron chi connectivity index (χ1n) is 8.05. The van der Waals surface area contributed by atoms with Crippen LogP contribution >= 0.6 is 0 Å². The first-order valence-corrected chi connectivity index (χ1v) is 8.05. The number of nitrogens with zero attached hydrogens (tertiary/aromatic N) is 1. The molecule has 0 aliphatic carbocycles. The second-order valence-corrected chi connectivity index (χ2v) is 6.53. The van der Waals surface area contributed by atoms with Crippen LogP contribution in [0.3, 0.4) is 0 Å². The van der Waals surface area contributed by atoms with Crippen molar-refractivity contribution in [1.82, 2.24) is 4.90 Å². The molecule has 1 fully saturated rings. The maximum Gasteiger partial charge on any atom is 0.325 e. The summed E-state index contributed by atoms with van der Waals surface area (Å²) in [6, 6.07) is 6.19. The van der Waals surface area contributed by atoms with Crippen molar-refractivity contribution in [3.63, 3.8) is 0 Å². The fourth-order valence-corrected chi connectivity index (χ4v) is 2.87. The van der Waals surface area contributed by atoms with Gasteiger partial charge in [-0.1, -0.05) is 45.9 Å². The quantitative estimate of drug-likeness (QED) is 0.607. The van der Waals surface area contributed by atoms with Crippen molar-refractivity contribution in [2.24, 2.45) is 0 Å². The molecular formula is C18H27NO2. The van der Waals surface area contributed by atoms with Gasteiger partial charge in [-0.15, -0.1) is 0 Å². The van der Waals surface area contributed by atoms with Crippen molar-refractivity contribution >= 4 is 5.97 Å². The third-order valence-electron chi connectivity index (χ3n) is 4.09. The van der Waals surface area contributed by atoms with Crippen molar-refractivity contribution < 1.29 is 9.53 Å². The van der Waals surface area contributed by atoms with E-state index in [4.69, 9.17) is 4.74 Å². The smallest absolute Gasteiger partial charge is 0.325 e. The van der Waals surface area contributed by atoms with Gasteiger partial charge in [0.25, 0.3) is 0 Å². The zero-order chi connectivity index (χ0) is 15.4. The Morgan fingerprint density at radius 1 is 1.10 bits per heavy atom. The van der Waals surface area contributed by atoms with Crippen LogP contribution in [0.15, 0.2) is 18.2 Å². The molecule has 1 heterocycles. The summed E-state index contributed by atoms with van der Waals surface area (Å²) in [4.78, 5) is 14.4. The molecule has 1 aromatic carbocycles. The molecule has 3 nitrogen and oxygen atoms in total. The predicted molar refractivity (Wildman–Crippen MR) is 85.9 cm³/mol. The molecule has 0 bridgehead atoms. The van der Waals surface area contributed by atoms with Gasteiger partial charge in [-0.3, -0.25) is 9.69 Å². The minimum Gasteiger partial charge on any atom is -0.425 e. The molecule has 1 aliphatic rings. The van der Waals surface area contributed by atoms with Crippen LogP contribution in [-0.2, 0) is 4.79 Å². The Morgan fingerprint density at radius 2 is 1.62 bits per heavy atom. The summed E-state index contributed by atoms with van der Waals surface area (Å²) in [6.45, 7) is 11.0. The van der Waals surface area contributed by atoms with E-state index in [9.17, 15) is 4.79 Å². The molecule has 0 spiro atoms. The summed E-state index contributed by atoms with van der Waals surface area (Å²) in [5.41, 5.74) is 2.24. The number of benzene rings is 1. The minimum atomic E-state index is -0.132. The molecule has 0 atom stereocenters. The molecular weight excluding hydrogens is 262 g/mol. The summed E-state index contributed by atoms with van der Waals surface area (Å²) in [6.07, 6.45) is 2.38. The number of carbonyl (C=O) groups excluding carboxylic acids is 1. The Bertz CT molecular complexity index is 462. The fraction of sp³-hybridized carbons (Fsp3) is 0.611. The number of hydrogen-bond donors (Lipinski definition) is 0. The normalized spacial score (nSPS) is 15.9. The van der Waals surface area contributed by atoms with Gasteiger partial charge in [0.15, 0.2) is 0 Å². The molecule has 1 aliphatic heterocycles. The van der Waals surface area contributed by atoms with Crippen molar-refractivity contribution in [2.75, 3.05) is 19.6 Å². The highest BCUT2D eigenvalue weighted by atomic mass is 16.5. The van der Waals surface area contributed by atoms with Crippen molar-refractivity contribution in [3.8, 4) is 5.75 Å². The second kappa shape index (κ2) is 7.08. The summed E-state index contributed by atoms with van der Waals surface area (Å²) in [7, 11) is 0. The molecule has 3 heteroatoms. The number of esters is 1. The lowest BCUT2D eigenvalue weighted by Crippen LogP contribution is -2.30. The Morgan fingerprint density at radius 3 is 2.10 bits per heavy atom. The van der Waals surface area contributed by atoms with Crippen LogP contribution in [0, 0.1) is 0 Å². The van der Waals surface area contributed by atoms with Gasteiger partial charge in [0.2, 0.25) is 0 Å². The zero-order valence-electron chi connectivity index (χ0n) is 13.7. The van der Waals surface area contributed by atoms with Gasteiger partial charge in [0.05, 0.1) is 6.54 Å². The highest BCUT2D eigenvalue weighted by Gasteiger charge is 2.20. The van der Waals surface area contributed by atoms with Crippen LogP contribution in [-0.4, -0.2) is 30.5 Å². The highest BCUT2D eigenvalue weighted by Crippen LogP contribution is 2.34.